The fourth-order valence-electron chi connectivity index (χ4n) is 3.47. The number of aromatic nitrogens is 2. The molecule has 2 atom stereocenters. The van der Waals surface area contributed by atoms with Gasteiger partial charge in [-0.2, -0.15) is 0 Å². The van der Waals surface area contributed by atoms with E-state index in [1.165, 1.54) is 59.1 Å². The van der Waals surface area contributed by atoms with E-state index in [2.05, 4.69) is 5.32 Å². The number of nitrogens with zero attached hydrogens (tertiary/aromatic N) is 4. The van der Waals surface area contributed by atoms with Gasteiger partial charge in [-0.25, -0.2) is 0 Å². The van der Waals surface area contributed by atoms with Crippen molar-refractivity contribution in [1.82, 2.24) is 14.7 Å². The lowest BCUT2D eigenvalue weighted by Gasteiger charge is -2.27. The molecule has 3 N–H and O–H groups in total. The normalized spacial score (nSPS) is 12.7. The van der Waals surface area contributed by atoms with Crippen LogP contribution in [-0.2, 0) is 9.59 Å². The average Bonchev–Trinajstić information content (AvgIpc) is 2.89. The number of nitrogens with one attached hydrogen (secondary N) is 1. The van der Waals surface area contributed by atoms with E-state index in [1.807, 2.05) is 0 Å². The van der Waals surface area contributed by atoms with Gasteiger partial charge in [0.1, 0.15) is 0 Å². The molecule has 0 aromatic carbocycles. The molecule has 2 heterocycles. The summed E-state index contributed by atoms with van der Waals surface area (Å²) >= 11 is 0. The number of unbranched alkanes of at least 4 members (excludes halogenated alkanes) is 1. The highest BCUT2D eigenvalue weighted by Crippen LogP contribution is 2.05. The van der Waals surface area contributed by atoms with Crippen LogP contribution in [0.4, 0.5) is 0 Å². The number of hydrogen-bond donors (Lipinski definition) is 3. The van der Waals surface area contributed by atoms with Crippen molar-refractivity contribution in [1.29, 1.82) is 0 Å². The maximum atomic E-state index is 12.7. The second kappa shape index (κ2) is 15.0. The fourth-order valence-corrected chi connectivity index (χ4v) is 3.47. The molecule has 2 unspecified atom stereocenters. The molecule has 2 aromatic rings. The monoisotopic (exact) mass is 503 g/mol. The zero-order valence-corrected chi connectivity index (χ0v) is 21.0. The maximum absolute atomic E-state index is 12.7. The lowest BCUT2D eigenvalue weighted by molar-refractivity contribution is -0.125. The Morgan fingerprint density at radius 2 is 1.14 bits per heavy atom. The molecular formula is C25H37N5O6. The van der Waals surface area contributed by atoms with E-state index in [1.54, 1.807) is 23.2 Å². The standard InChI is InChI=1S/C25H37N5O6/c1-20(18-31)24(35)29(27-14-6-22(33)7-15-27)12-4-3-10-26-11-5-13-30(25(36)21(2)19-32)28-16-8-23(34)9-17-28/h6-9,14-17,20-21,26,31-32H,3-5,10-13,18-19H2,1-2H3. The van der Waals surface area contributed by atoms with E-state index < -0.39 is 11.8 Å². The van der Waals surface area contributed by atoms with Crippen molar-refractivity contribution in [3.63, 3.8) is 0 Å². The van der Waals surface area contributed by atoms with Crippen LogP contribution in [0.5, 0.6) is 0 Å². The van der Waals surface area contributed by atoms with Crippen molar-refractivity contribution in [2.45, 2.75) is 33.1 Å². The third-order valence-electron chi connectivity index (χ3n) is 5.72. The Balaban J connectivity index is 1.81. The minimum atomic E-state index is -0.556. The van der Waals surface area contributed by atoms with Crippen LogP contribution in [0.3, 0.4) is 0 Å². The smallest absolute Gasteiger partial charge is 0.246 e. The van der Waals surface area contributed by atoms with Crippen molar-refractivity contribution in [3.05, 3.63) is 69.5 Å². The van der Waals surface area contributed by atoms with Crippen LogP contribution < -0.4 is 26.2 Å². The lowest BCUT2D eigenvalue weighted by Crippen LogP contribution is -2.45. The van der Waals surface area contributed by atoms with Gasteiger partial charge in [-0.05, 0) is 32.4 Å². The van der Waals surface area contributed by atoms with Crippen molar-refractivity contribution >= 4 is 11.8 Å². The topological polar surface area (TPSA) is 137 Å². The Bertz CT molecular complexity index is 959. The molecule has 0 saturated heterocycles. The first-order valence-electron chi connectivity index (χ1n) is 12.2. The van der Waals surface area contributed by atoms with Crippen LogP contribution in [0.1, 0.15) is 33.1 Å². The van der Waals surface area contributed by atoms with Crippen LogP contribution in [0.15, 0.2) is 58.6 Å². The molecule has 0 aliphatic carbocycles. The van der Waals surface area contributed by atoms with Crippen LogP contribution >= 0.6 is 0 Å². The van der Waals surface area contributed by atoms with Gasteiger partial charge in [0.05, 0.1) is 25.0 Å². The van der Waals surface area contributed by atoms with Crippen LogP contribution in [0.25, 0.3) is 0 Å². The Kier molecular flexibility index (Phi) is 12.0. The minimum absolute atomic E-state index is 0.148. The highest BCUT2D eigenvalue weighted by atomic mass is 16.3. The molecule has 2 rings (SSSR count). The minimum Gasteiger partial charge on any atom is -0.396 e. The molecular weight excluding hydrogens is 466 g/mol. The first-order valence-corrected chi connectivity index (χ1v) is 12.2. The molecule has 198 valence electrons. The number of pyridine rings is 2. The third-order valence-corrected chi connectivity index (χ3v) is 5.72. The summed E-state index contributed by atoms with van der Waals surface area (Å²) in [7, 11) is 0. The van der Waals surface area contributed by atoms with Crippen LogP contribution in [-0.4, -0.2) is 70.8 Å². The molecule has 0 fully saturated rings. The van der Waals surface area contributed by atoms with Crippen molar-refractivity contribution in [2.75, 3.05) is 49.4 Å². The van der Waals surface area contributed by atoms with Gasteiger partial charge in [-0.1, -0.05) is 13.8 Å². The second-order valence-corrected chi connectivity index (χ2v) is 8.73. The van der Waals surface area contributed by atoms with Gasteiger partial charge < -0.3 is 15.5 Å². The summed E-state index contributed by atoms with van der Waals surface area (Å²) in [6.07, 6.45) is 8.30. The molecule has 36 heavy (non-hydrogen) atoms. The summed E-state index contributed by atoms with van der Waals surface area (Å²) in [6.45, 7) is 4.99. The molecule has 11 heteroatoms. The Hall–Kier alpha value is -3.28. The summed E-state index contributed by atoms with van der Waals surface area (Å²) in [6, 6.07) is 5.53. The highest BCUT2D eigenvalue weighted by molar-refractivity contribution is 5.88. The summed E-state index contributed by atoms with van der Waals surface area (Å²) < 4.78 is 3.13. The maximum Gasteiger partial charge on any atom is 0.246 e. The first kappa shape index (κ1) is 29.0. The average molecular weight is 504 g/mol. The fraction of sp³-hybridized carbons (Fsp3) is 0.520. The molecule has 0 radical (unpaired) electrons. The molecule has 0 aliphatic rings. The van der Waals surface area contributed by atoms with Gasteiger partial charge >= 0.3 is 0 Å². The zero-order valence-electron chi connectivity index (χ0n) is 21.0. The van der Waals surface area contributed by atoms with Gasteiger partial charge in [0.15, 0.2) is 10.9 Å². The highest BCUT2D eigenvalue weighted by Gasteiger charge is 2.21. The van der Waals surface area contributed by atoms with Crippen molar-refractivity contribution < 1.29 is 19.8 Å². The second-order valence-electron chi connectivity index (χ2n) is 8.73. The van der Waals surface area contributed by atoms with Gasteiger partial charge in [-0.15, -0.1) is 0 Å². The first-order chi connectivity index (χ1) is 17.3. The number of aliphatic hydroxyl groups excluding tert-OH is 2. The van der Waals surface area contributed by atoms with E-state index in [9.17, 15) is 29.4 Å². The molecule has 0 spiro atoms. The number of amides is 2. The molecule has 0 bridgehead atoms. The number of rotatable bonds is 15. The van der Waals surface area contributed by atoms with E-state index in [0.717, 1.165) is 6.42 Å². The number of carbonyl (C=O) groups excluding carboxylic acids is 2. The quantitative estimate of drug-likeness (QED) is 0.283. The number of aliphatic hydroxyl groups is 2. The molecule has 2 amide bonds. The number of hydrogen-bond acceptors (Lipinski definition) is 7. The lowest BCUT2D eigenvalue weighted by atomic mass is 10.1. The summed E-state index contributed by atoms with van der Waals surface area (Å²) in [5.74, 6) is -1.56. The predicted octanol–water partition coefficient (Wildman–Crippen LogP) is -0.344. The van der Waals surface area contributed by atoms with Crippen LogP contribution in [0.2, 0.25) is 0 Å². The van der Waals surface area contributed by atoms with Crippen LogP contribution in [0, 0.1) is 11.8 Å². The predicted molar refractivity (Wildman–Crippen MR) is 137 cm³/mol. The Morgan fingerprint density at radius 1 is 0.750 bits per heavy atom. The summed E-state index contributed by atoms with van der Waals surface area (Å²) in [5, 5.41) is 25.1. The van der Waals surface area contributed by atoms with Gasteiger partial charge in [0, 0.05) is 62.1 Å². The Labute approximate surface area is 210 Å². The van der Waals surface area contributed by atoms with E-state index in [-0.39, 0.29) is 35.9 Å². The molecule has 2 aromatic heterocycles. The molecule has 0 aliphatic heterocycles. The van der Waals surface area contributed by atoms with Gasteiger partial charge in [-0.3, -0.25) is 38.5 Å². The zero-order chi connectivity index (χ0) is 26.5. The van der Waals surface area contributed by atoms with Crippen molar-refractivity contribution in [2.24, 2.45) is 11.8 Å². The largest absolute Gasteiger partial charge is 0.396 e. The SMILES string of the molecule is CC(CO)C(=O)N(CCCCNCCCN(C(=O)C(C)CO)n1ccc(=O)cc1)n1ccc(=O)cc1. The van der Waals surface area contributed by atoms with E-state index in [0.29, 0.717) is 39.0 Å². The molecule has 11 nitrogen and oxygen atoms in total. The van der Waals surface area contributed by atoms with Crippen molar-refractivity contribution in [3.8, 4) is 0 Å². The van der Waals surface area contributed by atoms with Gasteiger partial charge in [0.25, 0.3) is 0 Å². The van der Waals surface area contributed by atoms with E-state index >= 15 is 0 Å². The summed E-state index contributed by atoms with van der Waals surface area (Å²) in [4.78, 5) is 48.1. The summed E-state index contributed by atoms with van der Waals surface area (Å²) in [5.41, 5.74) is -0.299. The molecule has 0 saturated carbocycles. The van der Waals surface area contributed by atoms with Gasteiger partial charge in [0.2, 0.25) is 11.8 Å². The third kappa shape index (κ3) is 8.74. The Morgan fingerprint density at radius 3 is 1.56 bits per heavy atom. The number of carbonyl (C=O) groups is 2. The van der Waals surface area contributed by atoms with E-state index in [4.69, 9.17) is 0 Å².